The Labute approximate surface area is 169 Å². The van der Waals surface area contributed by atoms with Crippen LogP contribution in [0.4, 0.5) is 4.79 Å². The molecule has 1 heterocycles. The molecule has 0 aromatic heterocycles. The predicted octanol–water partition coefficient (Wildman–Crippen LogP) is 3.32. The molecular weight excluding hydrogens is 378 g/mol. The highest BCUT2D eigenvalue weighted by molar-refractivity contribution is 6.30. The third-order valence-corrected chi connectivity index (χ3v) is 4.87. The molecular formula is C21H24ClN3O3. The maximum absolute atomic E-state index is 12.3. The summed E-state index contributed by atoms with van der Waals surface area (Å²) in [4.78, 5) is 26.2. The lowest BCUT2D eigenvalue weighted by atomic mass is 10.0. The summed E-state index contributed by atoms with van der Waals surface area (Å²) in [6.45, 7) is 2.04. The number of carbonyl (C=O) groups excluding carboxylic acids is 2. The quantitative estimate of drug-likeness (QED) is 0.729. The first kappa shape index (κ1) is 20.0. The van der Waals surface area contributed by atoms with Crippen molar-refractivity contribution in [3.8, 4) is 5.75 Å². The predicted molar refractivity (Wildman–Crippen MR) is 109 cm³/mol. The molecule has 2 aromatic rings. The number of hydrogen-bond acceptors (Lipinski definition) is 3. The lowest BCUT2D eigenvalue weighted by Gasteiger charge is -2.32. The lowest BCUT2D eigenvalue weighted by molar-refractivity contribution is 0.0917. The summed E-state index contributed by atoms with van der Waals surface area (Å²) in [7, 11) is 0. The van der Waals surface area contributed by atoms with Gasteiger partial charge in [-0.2, -0.15) is 0 Å². The van der Waals surface area contributed by atoms with Crippen molar-refractivity contribution in [1.82, 2.24) is 15.5 Å². The first-order chi connectivity index (χ1) is 13.6. The number of amides is 3. The van der Waals surface area contributed by atoms with Crippen molar-refractivity contribution in [3.05, 3.63) is 65.2 Å². The molecule has 1 fully saturated rings. The molecule has 1 aliphatic rings. The van der Waals surface area contributed by atoms with Crippen LogP contribution in [0.5, 0.6) is 5.75 Å². The maximum Gasteiger partial charge on any atom is 0.317 e. The Kier molecular flexibility index (Phi) is 7.14. The first-order valence-corrected chi connectivity index (χ1v) is 9.76. The summed E-state index contributed by atoms with van der Waals surface area (Å²) in [6.07, 6.45) is 1.49. The third kappa shape index (κ3) is 5.89. The highest BCUT2D eigenvalue weighted by Crippen LogP contribution is 2.15. The second kappa shape index (κ2) is 9.99. The number of ether oxygens (including phenoxy) is 1. The minimum Gasteiger partial charge on any atom is -0.492 e. The van der Waals surface area contributed by atoms with E-state index in [0.29, 0.717) is 42.6 Å². The Hall–Kier alpha value is -2.73. The van der Waals surface area contributed by atoms with Crippen molar-refractivity contribution >= 4 is 23.5 Å². The van der Waals surface area contributed by atoms with E-state index in [9.17, 15) is 9.59 Å². The molecule has 2 N–H and O–H groups in total. The van der Waals surface area contributed by atoms with Gasteiger partial charge < -0.3 is 20.3 Å². The van der Waals surface area contributed by atoms with Gasteiger partial charge in [0.1, 0.15) is 12.4 Å². The number of piperidine rings is 1. The number of benzene rings is 2. The van der Waals surface area contributed by atoms with Gasteiger partial charge in [-0.15, -0.1) is 0 Å². The Morgan fingerprint density at radius 3 is 2.39 bits per heavy atom. The summed E-state index contributed by atoms with van der Waals surface area (Å²) in [5.41, 5.74) is 0.656. The number of halogens is 1. The largest absolute Gasteiger partial charge is 0.492 e. The molecule has 6 nitrogen and oxygen atoms in total. The highest BCUT2D eigenvalue weighted by atomic mass is 35.5. The van der Waals surface area contributed by atoms with Gasteiger partial charge in [0.25, 0.3) is 5.91 Å². The zero-order valence-corrected chi connectivity index (χ0v) is 16.3. The molecule has 3 rings (SSSR count). The van der Waals surface area contributed by atoms with Crippen molar-refractivity contribution in [3.63, 3.8) is 0 Å². The van der Waals surface area contributed by atoms with E-state index in [0.717, 1.165) is 12.8 Å². The molecule has 2 aromatic carbocycles. The summed E-state index contributed by atoms with van der Waals surface area (Å²) in [5, 5.41) is 6.56. The van der Waals surface area contributed by atoms with E-state index in [1.54, 1.807) is 41.3 Å². The molecule has 148 valence electrons. The lowest BCUT2D eigenvalue weighted by Crippen LogP contribution is -2.49. The number of hydrogen-bond donors (Lipinski definition) is 2. The van der Waals surface area contributed by atoms with Crippen LogP contribution in [0, 0.1) is 0 Å². The topological polar surface area (TPSA) is 70.7 Å². The van der Waals surface area contributed by atoms with Gasteiger partial charge in [0, 0.05) is 29.7 Å². The Morgan fingerprint density at radius 2 is 1.71 bits per heavy atom. The van der Waals surface area contributed by atoms with Crippen LogP contribution in [0.15, 0.2) is 54.6 Å². The van der Waals surface area contributed by atoms with E-state index >= 15 is 0 Å². The molecule has 0 atom stereocenters. The van der Waals surface area contributed by atoms with Gasteiger partial charge in [0.05, 0.1) is 6.54 Å². The van der Waals surface area contributed by atoms with Crippen molar-refractivity contribution in [2.75, 3.05) is 26.2 Å². The van der Waals surface area contributed by atoms with E-state index in [-0.39, 0.29) is 18.0 Å². The van der Waals surface area contributed by atoms with Gasteiger partial charge in [-0.1, -0.05) is 29.8 Å². The van der Waals surface area contributed by atoms with E-state index in [1.807, 2.05) is 18.2 Å². The zero-order chi connectivity index (χ0) is 19.8. The maximum atomic E-state index is 12.3. The van der Waals surface area contributed by atoms with Gasteiger partial charge in [-0.05, 0) is 49.2 Å². The number of likely N-dealkylation sites (tertiary alicyclic amines) is 1. The average molecular weight is 402 g/mol. The van der Waals surface area contributed by atoms with Crippen LogP contribution in [-0.2, 0) is 0 Å². The van der Waals surface area contributed by atoms with Crippen molar-refractivity contribution in [1.29, 1.82) is 0 Å². The summed E-state index contributed by atoms with van der Waals surface area (Å²) < 4.78 is 5.56. The van der Waals surface area contributed by atoms with Crippen molar-refractivity contribution in [2.45, 2.75) is 18.9 Å². The molecule has 1 saturated heterocycles. The minimum absolute atomic E-state index is 0.0668. The van der Waals surface area contributed by atoms with Gasteiger partial charge in [0.2, 0.25) is 0 Å². The Bertz CT molecular complexity index is 775. The highest BCUT2D eigenvalue weighted by Gasteiger charge is 2.23. The fourth-order valence-electron chi connectivity index (χ4n) is 3.05. The number of carbonyl (C=O) groups is 2. The second-order valence-electron chi connectivity index (χ2n) is 6.64. The summed E-state index contributed by atoms with van der Waals surface area (Å²) in [6, 6.07) is 16.3. The second-order valence-corrected chi connectivity index (χ2v) is 7.07. The standard InChI is InChI=1S/C21H24ClN3O3/c22-17-6-8-19(9-7-17)28-15-12-23-21(27)25-13-10-18(11-14-25)24-20(26)16-4-2-1-3-5-16/h1-9,18H,10-15H2,(H,23,27)(H,24,26). The summed E-state index contributed by atoms with van der Waals surface area (Å²) >= 11 is 5.83. The molecule has 0 radical (unpaired) electrons. The van der Waals surface area contributed by atoms with E-state index < -0.39 is 0 Å². The molecule has 0 bridgehead atoms. The number of urea groups is 1. The van der Waals surface area contributed by atoms with Crippen LogP contribution in [0.25, 0.3) is 0 Å². The van der Waals surface area contributed by atoms with Crippen LogP contribution in [0.1, 0.15) is 23.2 Å². The van der Waals surface area contributed by atoms with Gasteiger partial charge in [0.15, 0.2) is 0 Å². The minimum atomic E-state index is -0.104. The first-order valence-electron chi connectivity index (χ1n) is 9.39. The number of nitrogens with one attached hydrogen (secondary N) is 2. The molecule has 0 unspecified atom stereocenters. The monoisotopic (exact) mass is 401 g/mol. The molecule has 0 saturated carbocycles. The Balaban J connectivity index is 1.33. The molecule has 0 spiro atoms. The summed E-state index contributed by atoms with van der Waals surface area (Å²) in [5.74, 6) is 0.650. The average Bonchev–Trinajstić information content (AvgIpc) is 2.73. The Morgan fingerprint density at radius 1 is 1.04 bits per heavy atom. The number of nitrogens with zero attached hydrogens (tertiary/aromatic N) is 1. The molecule has 0 aliphatic carbocycles. The molecule has 1 aliphatic heterocycles. The van der Waals surface area contributed by atoms with E-state index in [1.165, 1.54) is 0 Å². The smallest absolute Gasteiger partial charge is 0.317 e. The zero-order valence-electron chi connectivity index (χ0n) is 15.6. The molecule has 7 heteroatoms. The van der Waals surface area contributed by atoms with Crippen LogP contribution in [0.3, 0.4) is 0 Å². The fourth-order valence-corrected chi connectivity index (χ4v) is 3.18. The number of rotatable bonds is 6. The van der Waals surface area contributed by atoms with Gasteiger partial charge in [-0.25, -0.2) is 4.79 Å². The van der Waals surface area contributed by atoms with Crippen LogP contribution >= 0.6 is 11.6 Å². The molecule has 28 heavy (non-hydrogen) atoms. The molecule has 3 amide bonds. The van der Waals surface area contributed by atoms with Crippen molar-refractivity contribution in [2.24, 2.45) is 0 Å². The van der Waals surface area contributed by atoms with Crippen LogP contribution < -0.4 is 15.4 Å². The normalized spacial score (nSPS) is 14.4. The van der Waals surface area contributed by atoms with Crippen molar-refractivity contribution < 1.29 is 14.3 Å². The van der Waals surface area contributed by atoms with E-state index in [4.69, 9.17) is 16.3 Å². The van der Waals surface area contributed by atoms with Crippen LogP contribution in [-0.4, -0.2) is 49.1 Å². The van der Waals surface area contributed by atoms with Gasteiger partial charge >= 0.3 is 6.03 Å². The van der Waals surface area contributed by atoms with E-state index in [2.05, 4.69) is 10.6 Å². The van der Waals surface area contributed by atoms with Gasteiger partial charge in [-0.3, -0.25) is 4.79 Å². The van der Waals surface area contributed by atoms with Crippen LogP contribution in [0.2, 0.25) is 5.02 Å². The SMILES string of the molecule is O=C(NC1CCN(C(=O)NCCOc2ccc(Cl)cc2)CC1)c1ccccc1. The fraction of sp³-hybridized carbons (Fsp3) is 0.333. The third-order valence-electron chi connectivity index (χ3n) is 4.61.